The van der Waals surface area contributed by atoms with Gasteiger partial charge in [0, 0.05) is 18.3 Å². The van der Waals surface area contributed by atoms with Crippen molar-refractivity contribution < 1.29 is 13.2 Å². The van der Waals surface area contributed by atoms with Crippen molar-refractivity contribution in [1.29, 1.82) is 0 Å². The molecule has 3 rings (SSSR count). The highest BCUT2D eigenvalue weighted by Gasteiger charge is 2.16. The molecule has 26 heavy (non-hydrogen) atoms. The van der Waals surface area contributed by atoms with E-state index < -0.39 is 10.0 Å². The summed E-state index contributed by atoms with van der Waals surface area (Å²) < 4.78 is 28.0. The Kier molecular flexibility index (Phi) is 4.70. The van der Waals surface area contributed by atoms with E-state index in [2.05, 4.69) is 10.0 Å². The molecule has 6 heteroatoms. The van der Waals surface area contributed by atoms with Crippen LogP contribution >= 0.6 is 0 Å². The van der Waals surface area contributed by atoms with Crippen molar-refractivity contribution >= 4 is 32.4 Å². The van der Waals surface area contributed by atoms with Crippen molar-refractivity contribution in [2.24, 2.45) is 0 Å². The number of anilines is 1. The first-order valence-corrected chi connectivity index (χ1v) is 9.64. The Morgan fingerprint density at radius 2 is 1.62 bits per heavy atom. The summed E-state index contributed by atoms with van der Waals surface area (Å²) in [5.41, 5.74) is 2.78. The summed E-state index contributed by atoms with van der Waals surface area (Å²) >= 11 is 0. The molecule has 0 bridgehead atoms. The van der Waals surface area contributed by atoms with Crippen LogP contribution in [0, 0.1) is 13.8 Å². The number of hydrogen-bond donors (Lipinski definition) is 2. The lowest BCUT2D eigenvalue weighted by Gasteiger charge is -2.11. The van der Waals surface area contributed by atoms with Crippen LogP contribution in [0.2, 0.25) is 0 Å². The van der Waals surface area contributed by atoms with Gasteiger partial charge in [0.2, 0.25) is 0 Å². The average Bonchev–Trinajstić information content (AvgIpc) is 2.59. The molecule has 3 aromatic carbocycles. The molecule has 0 aliphatic carbocycles. The van der Waals surface area contributed by atoms with Crippen LogP contribution in [0.4, 0.5) is 5.69 Å². The number of amides is 1. The summed E-state index contributed by atoms with van der Waals surface area (Å²) in [5.74, 6) is -0.181. The number of rotatable bonds is 4. The van der Waals surface area contributed by atoms with Crippen LogP contribution in [0.15, 0.2) is 59.5 Å². The maximum absolute atomic E-state index is 12.7. The van der Waals surface area contributed by atoms with Crippen molar-refractivity contribution in [3.05, 3.63) is 71.3 Å². The van der Waals surface area contributed by atoms with Gasteiger partial charge in [-0.1, -0.05) is 24.3 Å². The summed E-state index contributed by atoms with van der Waals surface area (Å²) in [5, 5.41) is 4.16. The minimum atomic E-state index is -3.69. The molecule has 0 saturated carbocycles. The molecule has 2 N–H and O–H groups in total. The van der Waals surface area contributed by atoms with Gasteiger partial charge in [0.05, 0.1) is 4.90 Å². The third-order valence-electron chi connectivity index (χ3n) is 4.11. The van der Waals surface area contributed by atoms with Gasteiger partial charge in [-0.2, -0.15) is 0 Å². The van der Waals surface area contributed by atoms with Crippen molar-refractivity contribution in [3.8, 4) is 0 Å². The maximum Gasteiger partial charge on any atom is 0.261 e. The summed E-state index contributed by atoms with van der Waals surface area (Å²) in [4.78, 5) is 12.2. The van der Waals surface area contributed by atoms with E-state index in [0.717, 1.165) is 21.9 Å². The first kappa shape index (κ1) is 17.9. The maximum atomic E-state index is 12.7. The van der Waals surface area contributed by atoms with Crippen LogP contribution in [-0.4, -0.2) is 21.4 Å². The van der Waals surface area contributed by atoms with E-state index in [9.17, 15) is 13.2 Å². The second kappa shape index (κ2) is 6.80. The smallest absolute Gasteiger partial charge is 0.261 e. The van der Waals surface area contributed by atoms with Gasteiger partial charge in [0.1, 0.15) is 0 Å². The Morgan fingerprint density at radius 1 is 0.923 bits per heavy atom. The molecule has 0 atom stereocenters. The molecule has 5 nitrogen and oxygen atoms in total. The molecular weight excluding hydrogens is 348 g/mol. The van der Waals surface area contributed by atoms with Gasteiger partial charge in [-0.3, -0.25) is 9.52 Å². The van der Waals surface area contributed by atoms with Gasteiger partial charge >= 0.3 is 0 Å². The van der Waals surface area contributed by atoms with E-state index >= 15 is 0 Å². The molecule has 0 aliphatic heterocycles. The zero-order chi connectivity index (χ0) is 18.9. The number of benzene rings is 3. The van der Waals surface area contributed by atoms with Crippen LogP contribution < -0.4 is 10.0 Å². The number of sulfonamides is 1. The molecule has 0 saturated heterocycles. The fourth-order valence-corrected chi connectivity index (χ4v) is 4.22. The molecule has 1 amide bonds. The van der Waals surface area contributed by atoms with Crippen LogP contribution in [0.25, 0.3) is 10.8 Å². The Morgan fingerprint density at radius 3 is 2.27 bits per heavy atom. The zero-order valence-electron chi connectivity index (χ0n) is 14.8. The Hall–Kier alpha value is -2.86. The van der Waals surface area contributed by atoms with Crippen molar-refractivity contribution in [1.82, 2.24) is 5.32 Å². The fourth-order valence-electron chi connectivity index (χ4n) is 2.98. The lowest BCUT2D eigenvalue weighted by atomic mass is 10.0. The quantitative estimate of drug-likeness (QED) is 0.739. The van der Waals surface area contributed by atoms with Crippen molar-refractivity contribution in [2.45, 2.75) is 18.7 Å². The normalized spacial score (nSPS) is 11.3. The Bertz CT molecular complexity index is 1080. The predicted octanol–water partition coefficient (Wildman–Crippen LogP) is 3.62. The lowest BCUT2D eigenvalue weighted by Crippen LogP contribution is -2.18. The number of nitrogens with one attached hydrogen (secondary N) is 2. The molecule has 3 aromatic rings. The van der Waals surface area contributed by atoms with E-state index in [1.165, 1.54) is 0 Å². The number of carbonyl (C=O) groups excluding carboxylic acids is 1. The monoisotopic (exact) mass is 368 g/mol. The van der Waals surface area contributed by atoms with E-state index in [0.29, 0.717) is 11.3 Å². The number of fused-ring (bicyclic) bond motifs is 1. The number of hydrogen-bond acceptors (Lipinski definition) is 3. The molecule has 0 heterocycles. The highest BCUT2D eigenvalue weighted by Crippen LogP contribution is 2.25. The van der Waals surface area contributed by atoms with E-state index in [1.807, 2.05) is 26.0 Å². The van der Waals surface area contributed by atoms with Gasteiger partial charge in [-0.05, 0) is 66.1 Å². The summed E-state index contributed by atoms with van der Waals surface area (Å²) in [6.45, 7) is 3.73. The molecule has 0 aromatic heterocycles. The lowest BCUT2D eigenvalue weighted by molar-refractivity contribution is 0.0964. The second-order valence-corrected chi connectivity index (χ2v) is 7.93. The average molecular weight is 368 g/mol. The Balaban J connectivity index is 2.00. The summed E-state index contributed by atoms with van der Waals surface area (Å²) in [6.07, 6.45) is 0. The van der Waals surface area contributed by atoms with Gasteiger partial charge in [-0.15, -0.1) is 0 Å². The molecule has 0 radical (unpaired) electrons. The predicted molar refractivity (Wildman–Crippen MR) is 104 cm³/mol. The molecule has 0 unspecified atom stereocenters. The van der Waals surface area contributed by atoms with E-state index in [1.54, 1.807) is 49.5 Å². The first-order valence-electron chi connectivity index (χ1n) is 8.16. The third kappa shape index (κ3) is 3.55. The SMILES string of the molecule is CNC(=O)c1cccc2cc(NS(=O)(=O)c3cc(C)cc(C)c3)ccc12. The van der Waals surface area contributed by atoms with Crippen molar-refractivity contribution in [2.75, 3.05) is 11.8 Å². The fraction of sp³-hybridized carbons (Fsp3) is 0.150. The van der Waals surface area contributed by atoms with E-state index in [4.69, 9.17) is 0 Å². The number of aryl methyl sites for hydroxylation is 2. The molecular formula is C20H20N2O3S. The highest BCUT2D eigenvalue weighted by atomic mass is 32.2. The highest BCUT2D eigenvalue weighted by molar-refractivity contribution is 7.92. The molecule has 134 valence electrons. The minimum Gasteiger partial charge on any atom is -0.355 e. The summed E-state index contributed by atoms with van der Waals surface area (Å²) in [7, 11) is -2.11. The van der Waals surface area contributed by atoms with E-state index in [-0.39, 0.29) is 10.8 Å². The van der Waals surface area contributed by atoms with Gasteiger partial charge in [0.25, 0.3) is 15.9 Å². The van der Waals surface area contributed by atoms with Gasteiger partial charge in [-0.25, -0.2) is 8.42 Å². The Labute approximate surface area is 153 Å². The van der Waals surface area contributed by atoms with Gasteiger partial charge < -0.3 is 5.32 Å². The number of carbonyl (C=O) groups is 1. The molecule has 0 spiro atoms. The van der Waals surface area contributed by atoms with Crippen LogP contribution in [-0.2, 0) is 10.0 Å². The second-order valence-electron chi connectivity index (χ2n) is 6.25. The standard InChI is InChI=1S/C20H20N2O3S/c1-13-9-14(2)11-17(10-13)26(24,25)22-16-7-8-18-15(12-16)5-4-6-19(18)20(23)21-3/h4-12,22H,1-3H3,(H,21,23). The van der Waals surface area contributed by atoms with Crippen LogP contribution in [0.3, 0.4) is 0 Å². The summed E-state index contributed by atoms with van der Waals surface area (Å²) in [6, 6.07) is 15.7. The third-order valence-corrected chi connectivity index (χ3v) is 5.47. The first-order chi connectivity index (χ1) is 12.3. The molecule has 0 fully saturated rings. The van der Waals surface area contributed by atoms with Crippen molar-refractivity contribution in [3.63, 3.8) is 0 Å². The topological polar surface area (TPSA) is 75.3 Å². The van der Waals surface area contributed by atoms with Gasteiger partial charge in [0.15, 0.2) is 0 Å². The van der Waals surface area contributed by atoms with Crippen LogP contribution in [0.1, 0.15) is 21.5 Å². The minimum absolute atomic E-state index is 0.181. The van der Waals surface area contributed by atoms with Crippen LogP contribution in [0.5, 0.6) is 0 Å². The largest absolute Gasteiger partial charge is 0.355 e. The zero-order valence-corrected chi connectivity index (χ0v) is 15.6. The molecule has 0 aliphatic rings.